The van der Waals surface area contributed by atoms with Gasteiger partial charge in [0, 0.05) is 37.2 Å². The van der Waals surface area contributed by atoms with Crippen LogP contribution in [0.2, 0.25) is 0 Å². The highest BCUT2D eigenvalue weighted by molar-refractivity contribution is 5.75. The summed E-state index contributed by atoms with van der Waals surface area (Å²) in [4.78, 5) is 10.8. The third-order valence-corrected chi connectivity index (χ3v) is 5.02. The fraction of sp³-hybridized carbons (Fsp3) is 0.529. The molecule has 5 nitrogen and oxygen atoms in total. The van der Waals surface area contributed by atoms with Gasteiger partial charge in [-0.3, -0.25) is 4.98 Å². The summed E-state index contributed by atoms with van der Waals surface area (Å²) in [6.45, 7) is 1.92. The zero-order valence-electron chi connectivity index (χ0n) is 13.2. The normalized spacial score (nSPS) is 27.8. The lowest BCUT2D eigenvalue weighted by Gasteiger charge is -2.37. The van der Waals surface area contributed by atoms with E-state index >= 15 is 0 Å². The first-order valence-electron chi connectivity index (χ1n) is 8.28. The molecule has 1 N–H and O–H groups in total. The summed E-state index contributed by atoms with van der Waals surface area (Å²) in [5.74, 6) is -1.19. The molecule has 0 aliphatic carbocycles. The molecule has 1 aromatic carbocycles. The lowest BCUT2D eigenvalue weighted by atomic mass is 9.89. The number of rotatable bonds is 2. The monoisotopic (exact) mass is 335 g/mol. The van der Waals surface area contributed by atoms with E-state index in [9.17, 15) is 13.9 Å². The minimum Gasteiger partial charge on any atom is -0.393 e. The number of nitrogens with zero attached hydrogens (tertiary/aromatic N) is 3. The Bertz CT molecular complexity index is 758. The van der Waals surface area contributed by atoms with Gasteiger partial charge in [0.25, 0.3) is 0 Å². The summed E-state index contributed by atoms with van der Waals surface area (Å²) >= 11 is 0. The number of benzene rings is 1. The standard InChI is InChI=1S/C17H19F2N3O2/c18-11-6-13-14(7-12(11)19)21-17(8-20-13)22-4-1-2-15(22)10-9-24-5-3-16(10)23/h6-8,10,15-16,23H,1-5,9H2/t10-,15-,16+/m0/s1. The van der Waals surface area contributed by atoms with Crippen molar-refractivity contribution in [2.75, 3.05) is 24.7 Å². The fourth-order valence-corrected chi connectivity index (χ4v) is 3.77. The van der Waals surface area contributed by atoms with Crippen LogP contribution in [0.15, 0.2) is 18.3 Å². The Hall–Kier alpha value is -1.86. The quantitative estimate of drug-likeness (QED) is 0.912. The molecule has 7 heteroatoms. The van der Waals surface area contributed by atoms with E-state index in [1.165, 1.54) is 0 Å². The van der Waals surface area contributed by atoms with Crippen LogP contribution in [0, 0.1) is 17.6 Å². The summed E-state index contributed by atoms with van der Waals surface area (Å²) in [5, 5.41) is 10.3. The summed E-state index contributed by atoms with van der Waals surface area (Å²) in [5.41, 5.74) is 0.659. The Morgan fingerprint density at radius 2 is 1.96 bits per heavy atom. The van der Waals surface area contributed by atoms with Gasteiger partial charge in [-0.25, -0.2) is 13.8 Å². The van der Waals surface area contributed by atoms with Gasteiger partial charge in [-0.05, 0) is 19.3 Å². The van der Waals surface area contributed by atoms with E-state index in [1.807, 2.05) is 0 Å². The van der Waals surface area contributed by atoms with Crippen LogP contribution in [0.3, 0.4) is 0 Å². The Balaban J connectivity index is 1.66. The molecule has 1 aromatic heterocycles. The number of aromatic nitrogens is 2. The molecule has 0 radical (unpaired) electrons. The van der Waals surface area contributed by atoms with Gasteiger partial charge in [-0.1, -0.05) is 0 Å². The first-order valence-corrected chi connectivity index (χ1v) is 8.28. The van der Waals surface area contributed by atoms with Crippen molar-refractivity contribution in [1.29, 1.82) is 0 Å². The van der Waals surface area contributed by atoms with Gasteiger partial charge < -0.3 is 14.7 Å². The molecule has 0 bridgehead atoms. The van der Waals surface area contributed by atoms with Gasteiger partial charge >= 0.3 is 0 Å². The van der Waals surface area contributed by atoms with Crippen molar-refractivity contribution < 1.29 is 18.6 Å². The number of aliphatic hydroxyl groups is 1. The molecule has 24 heavy (non-hydrogen) atoms. The maximum atomic E-state index is 13.5. The van der Waals surface area contributed by atoms with Gasteiger partial charge in [0.05, 0.1) is 29.9 Å². The van der Waals surface area contributed by atoms with E-state index in [0.29, 0.717) is 36.5 Å². The predicted molar refractivity (Wildman–Crippen MR) is 84.8 cm³/mol. The number of fused-ring (bicyclic) bond motifs is 1. The third kappa shape index (κ3) is 2.71. The molecule has 2 aliphatic rings. The molecule has 0 saturated carbocycles. The molecule has 2 aliphatic heterocycles. The van der Waals surface area contributed by atoms with E-state index in [0.717, 1.165) is 31.5 Å². The van der Waals surface area contributed by atoms with Crippen LogP contribution in [0.5, 0.6) is 0 Å². The van der Waals surface area contributed by atoms with E-state index in [2.05, 4.69) is 14.9 Å². The molecule has 2 saturated heterocycles. The molecular weight excluding hydrogens is 316 g/mol. The van der Waals surface area contributed by atoms with Gasteiger partial charge in [0.15, 0.2) is 11.6 Å². The number of hydrogen-bond donors (Lipinski definition) is 1. The Labute approximate surface area is 138 Å². The van der Waals surface area contributed by atoms with Crippen LogP contribution in [0.1, 0.15) is 19.3 Å². The van der Waals surface area contributed by atoms with Crippen molar-refractivity contribution in [3.05, 3.63) is 30.0 Å². The van der Waals surface area contributed by atoms with E-state index < -0.39 is 11.6 Å². The number of anilines is 1. The molecule has 0 amide bonds. The minimum atomic E-state index is -0.928. The molecule has 2 aromatic rings. The van der Waals surface area contributed by atoms with E-state index in [1.54, 1.807) is 6.20 Å². The van der Waals surface area contributed by atoms with Gasteiger partial charge in [0.1, 0.15) is 5.82 Å². The van der Waals surface area contributed by atoms with Crippen LogP contribution in [-0.2, 0) is 4.74 Å². The zero-order chi connectivity index (χ0) is 16.7. The number of aliphatic hydroxyl groups excluding tert-OH is 1. The fourth-order valence-electron chi connectivity index (χ4n) is 3.77. The topological polar surface area (TPSA) is 58.5 Å². The van der Waals surface area contributed by atoms with Crippen molar-refractivity contribution in [1.82, 2.24) is 9.97 Å². The van der Waals surface area contributed by atoms with Crippen LogP contribution in [0.25, 0.3) is 11.0 Å². The number of hydrogen-bond acceptors (Lipinski definition) is 5. The Kier molecular flexibility index (Phi) is 4.05. The molecule has 3 heterocycles. The van der Waals surface area contributed by atoms with Crippen LogP contribution in [0.4, 0.5) is 14.6 Å². The first kappa shape index (κ1) is 15.7. The summed E-state index contributed by atoms with van der Waals surface area (Å²) in [6.07, 6.45) is 3.79. The van der Waals surface area contributed by atoms with Crippen LogP contribution in [-0.4, -0.2) is 47.0 Å². The van der Waals surface area contributed by atoms with Crippen molar-refractivity contribution in [3.63, 3.8) is 0 Å². The zero-order valence-corrected chi connectivity index (χ0v) is 13.2. The highest BCUT2D eigenvalue weighted by atomic mass is 19.2. The van der Waals surface area contributed by atoms with Crippen molar-refractivity contribution in [2.45, 2.75) is 31.4 Å². The average molecular weight is 335 g/mol. The lowest BCUT2D eigenvalue weighted by molar-refractivity contribution is -0.0438. The Morgan fingerprint density at radius 3 is 2.75 bits per heavy atom. The molecule has 3 atom stereocenters. The number of halogens is 2. The molecule has 0 unspecified atom stereocenters. The maximum absolute atomic E-state index is 13.5. The third-order valence-electron chi connectivity index (χ3n) is 5.02. The second kappa shape index (κ2) is 6.22. The summed E-state index contributed by atoms with van der Waals surface area (Å²) in [7, 11) is 0. The van der Waals surface area contributed by atoms with Crippen LogP contribution < -0.4 is 4.90 Å². The van der Waals surface area contributed by atoms with E-state index in [-0.39, 0.29) is 18.1 Å². The average Bonchev–Trinajstić information content (AvgIpc) is 3.05. The summed E-state index contributed by atoms with van der Waals surface area (Å²) in [6, 6.07) is 2.25. The van der Waals surface area contributed by atoms with Gasteiger partial charge in [0.2, 0.25) is 0 Å². The molecule has 2 fully saturated rings. The highest BCUT2D eigenvalue weighted by Gasteiger charge is 2.38. The maximum Gasteiger partial charge on any atom is 0.161 e. The van der Waals surface area contributed by atoms with Crippen molar-refractivity contribution in [3.8, 4) is 0 Å². The first-order chi connectivity index (χ1) is 11.6. The highest BCUT2D eigenvalue weighted by Crippen LogP contribution is 2.33. The molecule has 128 valence electrons. The SMILES string of the molecule is O[C@@H]1CCOC[C@H]1[C@@H]1CCCN1c1cnc2cc(F)c(F)cc2n1. The van der Waals surface area contributed by atoms with Gasteiger partial charge in [-0.15, -0.1) is 0 Å². The largest absolute Gasteiger partial charge is 0.393 e. The molecule has 4 rings (SSSR count). The van der Waals surface area contributed by atoms with Gasteiger partial charge in [-0.2, -0.15) is 0 Å². The van der Waals surface area contributed by atoms with Crippen molar-refractivity contribution in [2.24, 2.45) is 5.92 Å². The minimum absolute atomic E-state index is 0.0312. The molecular formula is C17H19F2N3O2. The second-order valence-corrected chi connectivity index (χ2v) is 6.48. The smallest absolute Gasteiger partial charge is 0.161 e. The number of ether oxygens (including phenoxy) is 1. The predicted octanol–water partition coefficient (Wildman–Crippen LogP) is 2.27. The van der Waals surface area contributed by atoms with Crippen LogP contribution >= 0.6 is 0 Å². The molecule has 0 spiro atoms. The summed E-state index contributed by atoms with van der Waals surface area (Å²) < 4.78 is 32.3. The Morgan fingerprint density at radius 1 is 1.17 bits per heavy atom. The second-order valence-electron chi connectivity index (χ2n) is 6.48. The van der Waals surface area contributed by atoms with Crippen molar-refractivity contribution >= 4 is 16.9 Å². The lowest BCUT2D eigenvalue weighted by Crippen LogP contribution is -2.46. The van der Waals surface area contributed by atoms with E-state index in [4.69, 9.17) is 4.74 Å².